The Hall–Kier alpha value is -1.95. The van der Waals surface area contributed by atoms with Gasteiger partial charge >= 0.3 is 0 Å². The maximum atomic E-state index is 11.8. The first kappa shape index (κ1) is 13.5. The Labute approximate surface area is 115 Å². The van der Waals surface area contributed by atoms with E-state index >= 15 is 0 Å². The Morgan fingerprint density at radius 2 is 1.95 bits per heavy atom. The zero-order valence-electron chi connectivity index (χ0n) is 10.9. The van der Waals surface area contributed by atoms with Gasteiger partial charge in [-0.25, -0.2) is 0 Å². The zero-order valence-corrected chi connectivity index (χ0v) is 11.7. The minimum absolute atomic E-state index is 0.162. The van der Waals surface area contributed by atoms with Gasteiger partial charge in [0.15, 0.2) is 16.7 Å². The fourth-order valence-electron chi connectivity index (χ4n) is 1.66. The van der Waals surface area contributed by atoms with E-state index in [9.17, 15) is 4.79 Å². The Balaban J connectivity index is 2.34. The van der Waals surface area contributed by atoms with Gasteiger partial charge in [-0.15, -0.1) is 0 Å². The number of nitrogens with one attached hydrogen (secondary N) is 1. The van der Waals surface area contributed by atoms with Gasteiger partial charge in [0.05, 0.1) is 19.1 Å². The van der Waals surface area contributed by atoms with Crippen molar-refractivity contribution in [3.05, 3.63) is 28.7 Å². The summed E-state index contributed by atoms with van der Waals surface area (Å²) in [7, 11) is 4.73. The van der Waals surface area contributed by atoms with Crippen LogP contribution in [0.3, 0.4) is 0 Å². The second kappa shape index (κ2) is 5.36. The molecule has 1 N–H and O–H groups in total. The number of rotatable bonds is 3. The molecular formula is C13H14N2O3S. The van der Waals surface area contributed by atoms with E-state index in [4.69, 9.17) is 14.9 Å². The molecule has 1 aromatic carbocycles. The minimum atomic E-state index is -0.162. The number of carbonyl (C=O) groups excluding carboxylic acids is 1. The maximum absolute atomic E-state index is 11.8. The van der Waals surface area contributed by atoms with Crippen LogP contribution in [-0.2, 0) is 4.79 Å². The molecule has 1 heterocycles. The summed E-state index contributed by atoms with van der Waals surface area (Å²) in [4.78, 5) is 13.7. The van der Waals surface area contributed by atoms with Crippen LogP contribution in [0.25, 0.3) is 6.08 Å². The van der Waals surface area contributed by atoms with Crippen LogP contribution >= 0.6 is 11.8 Å². The molecule has 2 rings (SSSR count). The summed E-state index contributed by atoms with van der Waals surface area (Å²) in [5.41, 5.74) is 0.830. The average Bonchev–Trinajstić information content (AvgIpc) is 2.66. The molecule has 0 saturated carbocycles. The minimum Gasteiger partial charge on any atom is -0.493 e. The lowest BCUT2D eigenvalue weighted by Crippen LogP contribution is -2.22. The molecule has 0 aromatic heterocycles. The molecule has 0 unspecified atom stereocenters. The van der Waals surface area contributed by atoms with Crippen LogP contribution in [0, 0.1) is 5.41 Å². The van der Waals surface area contributed by atoms with Crippen molar-refractivity contribution < 1.29 is 14.3 Å². The Morgan fingerprint density at radius 3 is 2.47 bits per heavy atom. The van der Waals surface area contributed by atoms with E-state index in [-0.39, 0.29) is 11.1 Å². The summed E-state index contributed by atoms with van der Waals surface area (Å²) in [6.07, 6.45) is 1.74. The highest BCUT2D eigenvalue weighted by Gasteiger charge is 2.28. The number of ether oxygens (including phenoxy) is 2. The predicted octanol–water partition coefficient (Wildman–Crippen LogP) is 2.18. The Kier molecular flexibility index (Phi) is 3.80. The Bertz CT molecular complexity index is 569. The highest BCUT2D eigenvalue weighted by Crippen LogP contribution is 2.33. The summed E-state index contributed by atoms with van der Waals surface area (Å²) in [6, 6.07) is 5.41. The molecule has 6 heteroatoms. The van der Waals surface area contributed by atoms with E-state index in [1.165, 1.54) is 4.90 Å². The molecule has 0 spiro atoms. The second-order valence-corrected chi connectivity index (χ2v) is 4.93. The lowest BCUT2D eigenvalue weighted by atomic mass is 10.2. The van der Waals surface area contributed by atoms with Crippen molar-refractivity contribution in [3.63, 3.8) is 0 Å². The van der Waals surface area contributed by atoms with Crippen LogP contribution in [0.1, 0.15) is 5.56 Å². The number of amides is 1. The van der Waals surface area contributed by atoms with E-state index in [0.717, 1.165) is 17.3 Å². The van der Waals surface area contributed by atoms with Crippen molar-refractivity contribution >= 4 is 28.9 Å². The zero-order chi connectivity index (χ0) is 14.0. The van der Waals surface area contributed by atoms with Crippen LogP contribution in [0.4, 0.5) is 0 Å². The molecule has 0 atom stereocenters. The number of hydrogen-bond acceptors (Lipinski definition) is 5. The molecule has 0 aliphatic carbocycles. The van der Waals surface area contributed by atoms with Gasteiger partial charge in [0, 0.05) is 7.05 Å². The van der Waals surface area contributed by atoms with E-state index in [1.807, 2.05) is 6.07 Å². The first-order valence-corrected chi connectivity index (χ1v) is 6.36. The van der Waals surface area contributed by atoms with Gasteiger partial charge < -0.3 is 9.47 Å². The predicted molar refractivity (Wildman–Crippen MR) is 75.6 cm³/mol. The SMILES string of the molecule is COc1ccc(/C=C2\SC(=N)N(C)C2=O)cc1OC. The highest BCUT2D eigenvalue weighted by atomic mass is 32.2. The van der Waals surface area contributed by atoms with E-state index in [0.29, 0.717) is 16.4 Å². The van der Waals surface area contributed by atoms with Gasteiger partial charge in [-0.2, -0.15) is 0 Å². The number of hydrogen-bond donors (Lipinski definition) is 1. The highest BCUT2D eigenvalue weighted by molar-refractivity contribution is 8.18. The van der Waals surface area contributed by atoms with Crippen molar-refractivity contribution in [1.82, 2.24) is 4.90 Å². The van der Waals surface area contributed by atoms with Crippen LogP contribution in [-0.4, -0.2) is 37.2 Å². The molecule has 1 aliphatic rings. The van der Waals surface area contributed by atoms with E-state index < -0.39 is 0 Å². The van der Waals surface area contributed by atoms with E-state index in [2.05, 4.69) is 0 Å². The summed E-state index contributed by atoms with van der Waals surface area (Å²) in [5.74, 6) is 1.08. The first-order chi connectivity index (χ1) is 9.06. The molecule has 100 valence electrons. The van der Waals surface area contributed by atoms with Gasteiger partial charge in [0.25, 0.3) is 5.91 Å². The molecule has 1 aliphatic heterocycles. The standard InChI is InChI=1S/C13H14N2O3S/c1-15-12(16)11(19-13(15)14)7-8-4-5-9(17-2)10(6-8)18-3/h4-7,14H,1-3H3/b11-7-,14-13?. The smallest absolute Gasteiger partial charge is 0.266 e. The number of benzene rings is 1. The average molecular weight is 278 g/mol. The third-order valence-corrected chi connectivity index (χ3v) is 3.71. The molecule has 1 fully saturated rings. The monoisotopic (exact) mass is 278 g/mol. The van der Waals surface area contributed by atoms with Crippen molar-refractivity contribution in [2.45, 2.75) is 0 Å². The van der Waals surface area contributed by atoms with Crippen molar-refractivity contribution in [2.24, 2.45) is 0 Å². The van der Waals surface area contributed by atoms with Gasteiger partial charge in [-0.1, -0.05) is 6.07 Å². The number of methoxy groups -OCH3 is 2. The normalized spacial score (nSPS) is 17.2. The van der Waals surface area contributed by atoms with E-state index in [1.54, 1.807) is 39.5 Å². The van der Waals surface area contributed by atoms with Crippen LogP contribution in [0.5, 0.6) is 11.5 Å². The summed E-state index contributed by atoms with van der Waals surface area (Å²) < 4.78 is 10.4. The van der Waals surface area contributed by atoms with Crippen molar-refractivity contribution in [1.29, 1.82) is 5.41 Å². The fraction of sp³-hybridized carbons (Fsp3) is 0.231. The fourth-order valence-corrected chi connectivity index (χ4v) is 2.51. The first-order valence-electron chi connectivity index (χ1n) is 5.55. The summed E-state index contributed by atoms with van der Waals surface area (Å²) in [5, 5.41) is 7.84. The topological polar surface area (TPSA) is 62.6 Å². The maximum Gasteiger partial charge on any atom is 0.266 e. The van der Waals surface area contributed by atoms with Gasteiger partial charge in [-0.05, 0) is 35.5 Å². The molecule has 0 bridgehead atoms. The van der Waals surface area contributed by atoms with Crippen molar-refractivity contribution in [3.8, 4) is 11.5 Å². The lowest BCUT2D eigenvalue weighted by molar-refractivity contribution is -0.121. The van der Waals surface area contributed by atoms with Crippen LogP contribution < -0.4 is 9.47 Å². The summed E-state index contributed by atoms with van der Waals surface area (Å²) in [6.45, 7) is 0. The summed E-state index contributed by atoms with van der Waals surface area (Å²) >= 11 is 1.15. The lowest BCUT2D eigenvalue weighted by Gasteiger charge is -2.08. The van der Waals surface area contributed by atoms with Gasteiger partial charge in [0.2, 0.25) is 0 Å². The van der Waals surface area contributed by atoms with Gasteiger partial charge in [0.1, 0.15) is 0 Å². The number of likely N-dealkylation sites (N-methyl/N-ethyl adjacent to an activating group) is 1. The number of nitrogens with zero attached hydrogens (tertiary/aromatic N) is 1. The van der Waals surface area contributed by atoms with Crippen molar-refractivity contribution in [2.75, 3.05) is 21.3 Å². The third-order valence-electron chi connectivity index (χ3n) is 2.73. The molecular weight excluding hydrogens is 264 g/mol. The molecule has 1 aromatic rings. The molecule has 19 heavy (non-hydrogen) atoms. The molecule has 1 saturated heterocycles. The number of carbonyl (C=O) groups is 1. The largest absolute Gasteiger partial charge is 0.493 e. The molecule has 5 nitrogen and oxygen atoms in total. The van der Waals surface area contributed by atoms with Crippen LogP contribution in [0.2, 0.25) is 0 Å². The molecule has 1 amide bonds. The quantitative estimate of drug-likeness (QED) is 0.861. The number of thioether (sulfide) groups is 1. The third kappa shape index (κ3) is 2.58. The van der Waals surface area contributed by atoms with Crippen LogP contribution in [0.15, 0.2) is 23.1 Å². The second-order valence-electron chi connectivity index (χ2n) is 3.89. The Morgan fingerprint density at radius 1 is 1.26 bits per heavy atom. The molecule has 0 radical (unpaired) electrons. The number of amidine groups is 1. The van der Waals surface area contributed by atoms with Gasteiger partial charge in [-0.3, -0.25) is 15.1 Å².